The Morgan fingerprint density at radius 2 is 2.02 bits per heavy atom. The lowest BCUT2D eigenvalue weighted by Crippen LogP contribution is -2.77. The third kappa shape index (κ3) is 6.05. The van der Waals surface area contributed by atoms with Crippen LogP contribution in [0.25, 0.3) is 0 Å². The molecule has 0 saturated carbocycles. The maximum atomic E-state index is 14.2. The molecular formula is C32H36N6O4S. The Morgan fingerprint density at radius 1 is 1.19 bits per heavy atom. The lowest BCUT2D eigenvalue weighted by atomic mass is 9.95. The van der Waals surface area contributed by atoms with Crippen LogP contribution in [0.15, 0.2) is 89.5 Å². The number of hydrogen-bond donors (Lipinski definition) is 2. The summed E-state index contributed by atoms with van der Waals surface area (Å²) in [6.45, 7) is 4.89. The first-order chi connectivity index (χ1) is 20.9. The molecule has 0 radical (unpaired) electrons. The highest BCUT2D eigenvalue weighted by molar-refractivity contribution is 8.13. The van der Waals surface area contributed by atoms with E-state index in [1.165, 1.54) is 0 Å². The van der Waals surface area contributed by atoms with E-state index in [0.29, 0.717) is 13.1 Å². The number of piperazine rings is 1. The number of hydrogen-bond acceptors (Lipinski definition) is 7. The summed E-state index contributed by atoms with van der Waals surface area (Å²) < 4.78 is 0. The van der Waals surface area contributed by atoms with Gasteiger partial charge in [-0.1, -0.05) is 54.7 Å². The van der Waals surface area contributed by atoms with Crippen molar-refractivity contribution in [3.63, 3.8) is 0 Å². The van der Waals surface area contributed by atoms with E-state index in [9.17, 15) is 19.5 Å². The lowest BCUT2D eigenvalue weighted by Gasteiger charge is -2.55. The Kier molecular flexibility index (Phi) is 8.53. The second kappa shape index (κ2) is 12.6. The second-order valence-corrected chi connectivity index (χ2v) is 12.2. The predicted molar refractivity (Wildman–Crippen MR) is 167 cm³/mol. The normalized spacial score (nSPS) is 26.7. The average Bonchev–Trinajstić information content (AvgIpc) is 3.50. The molecule has 3 heterocycles. The van der Waals surface area contributed by atoms with Crippen LogP contribution in [0.4, 0.5) is 4.79 Å². The molecule has 2 N–H and O–H groups in total. The van der Waals surface area contributed by atoms with Crippen molar-refractivity contribution in [3.05, 3.63) is 90.1 Å². The van der Waals surface area contributed by atoms with Gasteiger partial charge in [-0.2, -0.15) is 0 Å². The number of thioether (sulfide) groups is 1. The molecule has 2 aliphatic carbocycles. The number of carbonyl (C=O) groups excluding carboxylic acids is 3. The molecule has 1 aromatic carbocycles. The van der Waals surface area contributed by atoms with Gasteiger partial charge in [0.05, 0.1) is 29.9 Å². The van der Waals surface area contributed by atoms with E-state index >= 15 is 0 Å². The van der Waals surface area contributed by atoms with Gasteiger partial charge in [0.2, 0.25) is 11.8 Å². The van der Waals surface area contributed by atoms with Gasteiger partial charge in [-0.3, -0.25) is 14.6 Å². The van der Waals surface area contributed by atoms with E-state index in [-0.39, 0.29) is 60.9 Å². The van der Waals surface area contributed by atoms with Crippen LogP contribution in [-0.2, 0) is 16.0 Å². The first-order valence-electron chi connectivity index (χ1n) is 14.6. The van der Waals surface area contributed by atoms with E-state index in [1.54, 1.807) is 61.9 Å². The third-order valence-corrected chi connectivity index (χ3v) is 9.33. The molecule has 43 heavy (non-hydrogen) atoms. The second-order valence-electron chi connectivity index (χ2n) is 11.2. The summed E-state index contributed by atoms with van der Waals surface area (Å²) in [5.74, 6) is -0.246. The minimum Gasteiger partial charge on any atom is -0.508 e. The summed E-state index contributed by atoms with van der Waals surface area (Å²) >= 11 is 1.66. The number of phenols is 1. The molecule has 6 rings (SSSR count). The van der Waals surface area contributed by atoms with E-state index < -0.39 is 12.2 Å². The van der Waals surface area contributed by atoms with Crippen LogP contribution in [0.5, 0.6) is 5.75 Å². The summed E-state index contributed by atoms with van der Waals surface area (Å²) in [4.78, 5) is 50.0. The summed E-state index contributed by atoms with van der Waals surface area (Å²) in [5.41, 5.74) is 4.74. The Morgan fingerprint density at radius 3 is 2.79 bits per heavy atom. The summed E-state index contributed by atoms with van der Waals surface area (Å²) in [5, 5.41) is 16.4. The molecule has 10 nitrogen and oxygen atoms in total. The standard InChI is InChI=1S/C32H36N6O4S/c1-2-15-33-32(42)38-28-19-35(18-24-9-6-10-27-30(24)34-21-43-27)31(41)26(16-22-11-13-25(39)14-12-22)37(28)29(40)20-36(38)17-23-7-4-3-5-8-23/h2,4,6-14,21,26-28,30,39H,1,3,5,15-20H2,(H,33,42). The molecule has 2 fully saturated rings. The number of nitrogens with one attached hydrogen (secondary N) is 1. The van der Waals surface area contributed by atoms with Gasteiger partial charge < -0.3 is 20.2 Å². The monoisotopic (exact) mass is 600 g/mol. The van der Waals surface area contributed by atoms with Crippen molar-refractivity contribution in [2.75, 3.05) is 32.7 Å². The molecule has 2 saturated heterocycles. The lowest BCUT2D eigenvalue weighted by molar-refractivity contribution is -0.188. The fourth-order valence-corrected chi connectivity index (χ4v) is 7.22. The number of nitrogens with zero attached hydrogens (tertiary/aromatic N) is 5. The smallest absolute Gasteiger partial charge is 0.334 e. The Balaban J connectivity index is 1.36. The number of amides is 4. The van der Waals surface area contributed by atoms with Crippen LogP contribution in [0.2, 0.25) is 0 Å². The van der Waals surface area contributed by atoms with Gasteiger partial charge in [-0.25, -0.2) is 14.8 Å². The molecule has 4 unspecified atom stereocenters. The van der Waals surface area contributed by atoms with E-state index in [4.69, 9.17) is 0 Å². The first-order valence-corrected chi connectivity index (χ1v) is 15.6. The van der Waals surface area contributed by atoms with Crippen LogP contribution in [0.3, 0.4) is 0 Å². The maximum absolute atomic E-state index is 14.2. The molecule has 1 aromatic rings. The average molecular weight is 601 g/mol. The van der Waals surface area contributed by atoms with Crippen LogP contribution >= 0.6 is 11.8 Å². The number of hydrazine groups is 1. The SMILES string of the molecule is C=CCNC(=O)N1C2CN(CC3=CC=CC4SC=NC34)C(=O)C(Cc3ccc(O)cc3)N2C(=O)CN1CC1=CCCC=C1. The highest BCUT2D eigenvalue weighted by Gasteiger charge is 2.51. The van der Waals surface area contributed by atoms with Crippen molar-refractivity contribution in [1.82, 2.24) is 25.1 Å². The zero-order valence-electron chi connectivity index (χ0n) is 23.9. The largest absolute Gasteiger partial charge is 0.508 e. The molecule has 224 valence electrons. The van der Waals surface area contributed by atoms with Gasteiger partial charge in [-0.15, -0.1) is 18.3 Å². The zero-order valence-corrected chi connectivity index (χ0v) is 24.7. The van der Waals surface area contributed by atoms with Crippen LogP contribution in [-0.4, -0.2) is 105 Å². The predicted octanol–water partition coefficient (Wildman–Crippen LogP) is 3.01. The van der Waals surface area contributed by atoms with Crippen molar-refractivity contribution in [2.24, 2.45) is 4.99 Å². The number of aromatic hydroxyl groups is 1. The molecule has 0 bridgehead atoms. The molecule has 0 aromatic heterocycles. The summed E-state index contributed by atoms with van der Waals surface area (Å²) in [6.07, 6.45) is 15.5. The van der Waals surface area contributed by atoms with Crippen LogP contribution in [0, 0.1) is 0 Å². The molecule has 5 aliphatic rings. The summed E-state index contributed by atoms with van der Waals surface area (Å²) in [6, 6.07) is 5.46. The van der Waals surface area contributed by atoms with Crippen molar-refractivity contribution in [2.45, 2.75) is 42.8 Å². The Hall–Kier alpha value is -4.09. The number of benzene rings is 1. The van der Waals surface area contributed by atoms with Gasteiger partial charge in [0.15, 0.2) is 0 Å². The van der Waals surface area contributed by atoms with E-state index in [2.05, 4.69) is 35.1 Å². The van der Waals surface area contributed by atoms with E-state index in [0.717, 1.165) is 29.6 Å². The quantitative estimate of drug-likeness (QED) is 0.445. The van der Waals surface area contributed by atoms with Crippen molar-refractivity contribution in [3.8, 4) is 5.75 Å². The van der Waals surface area contributed by atoms with Crippen LogP contribution in [0.1, 0.15) is 18.4 Å². The zero-order chi connectivity index (χ0) is 29.9. The Labute approximate surface area is 255 Å². The highest BCUT2D eigenvalue weighted by atomic mass is 32.2. The minimum absolute atomic E-state index is 0.0335. The number of rotatable bonds is 8. The highest BCUT2D eigenvalue weighted by Crippen LogP contribution is 2.34. The van der Waals surface area contributed by atoms with Gasteiger partial charge in [0.1, 0.15) is 18.0 Å². The van der Waals surface area contributed by atoms with Gasteiger partial charge >= 0.3 is 6.03 Å². The molecule has 11 heteroatoms. The molecular weight excluding hydrogens is 564 g/mol. The van der Waals surface area contributed by atoms with Crippen molar-refractivity contribution < 1.29 is 19.5 Å². The topological polar surface area (TPSA) is 109 Å². The summed E-state index contributed by atoms with van der Waals surface area (Å²) in [7, 11) is 0. The van der Waals surface area contributed by atoms with Crippen molar-refractivity contribution in [1.29, 1.82) is 0 Å². The number of carbonyl (C=O) groups is 3. The van der Waals surface area contributed by atoms with Crippen molar-refractivity contribution >= 4 is 35.2 Å². The van der Waals surface area contributed by atoms with Gasteiger partial charge in [-0.05, 0) is 41.7 Å². The maximum Gasteiger partial charge on any atom is 0.334 e. The molecule has 3 aliphatic heterocycles. The van der Waals surface area contributed by atoms with Gasteiger partial charge in [0, 0.05) is 26.1 Å². The van der Waals surface area contributed by atoms with E-state index in [1.807, 2.05) is 23.8 Å². The molecule has 0 spiro atoms. The van der Waals surface area contributed by atoms with Crippen LogP contribution < -0.4 is 5.32 Å². The number of aliphatic imine (C=N–C) groups is 1. The molecule has 4 atom stereocenters. The number of allylic oxidation sites excluding steroid dienone is 4. The minimum atomic E-state index is -0.821. The first kappa shape index (κ1) is 29.0. The fraction of sp³-hybridized carbons (Fsp3) is 0.375. The number of urea groups is 1. The third-order valence-electron chi connectivity index (χ3n) is 8.35. The Bertz CT molecular complexity index is 1430. The number of phenolic OH excluding ortho intramolecular Hbond substituents is 1. The van der Waals surface area contributed by atoms with Gasteiger partial charge in [0.25, 0.3) is 0 Å². The fourth-order valence-electron chi connectivity index (χ4n) is 6.31. The number of fused-ring (bicyclic) bond motifs is 2. The molecule has 4 amide bonds.